The summed E-state index contributed by atoms with van der Waals surface area (Å²) in [6, 6.07) is 9.80. The smallest absolute Gasteiger partial charge is 0.227 e. The van der Waals surface area contributed by atoms with E-state index in [1.165, 1.54) is 0 Å². The van der Waals surface area contributed by atoms with Gasteiger partial charge in [0.05, 0.1) is 5.92 Å². The normalized spacial score (nSPS) is 12.9. The standard InChI is InChI=1S/C15H23N3O2/c1-2-13(12-8-4-3-5-9-12)15(19)17-11-7-6-10-14(16)18-20/h3-5,8-9,13,20H,2,6-7,10-11H2,1H3,(H2,16,18)(H,17,19). The lowest BCUT2D eigenvalue weighted by Crippen LogP contribution is -2.30. The number of rotatable bonds is 8. The largest absolute Gasteiger partial charge is 0.409 e. The monoisotopic (exact) mass is 277 g/mol. The van der Waals surface area contributed by atoms with Crippen LogP contribution < -0.4 is 11.1 Å². The molecule has 0 heterocycles. The number of amidine groups is 1. The maximum atomic E-state index is 12.1. The highest BCUT2D eigenvalue weighted by atomic mass is 16.4. The summed E-state index contributed by atoms with van der Waals surface area (Å²) in [5.74, 6) is 0.190. The van der Waals surface area contributed by atoms with Crippen molar-refractivity contribution in [3.63, 3.8) is 0 Å². The first kappa shape index (κ1) is 16.0. The number of oxime groups is 1. The van der Waals surface area contributed by atoms with E-state index in [1.807, 2.05) is 37.3 Å². The van der Waals surface area contributed by atoms with Gasteiger partial charge in [-0.25, -0.2) is 0 Å². The van der Waals surface area contributed by atoms with Crippen molar-refractivity contribution >= 4 is 11.7 Å². The first-order valence-corrected chi connectivity index (χ1v) is 6.98. The number of nitrogens with zero attached hydrogens (tertiary/aromatic N) is 1. The average Bonchev–Trinajstić information content (AvgIpc) is 2.48. The molecule has 0 saturated heterocycles. The molecule has 0 aromatic heterocycles. The molecule has 1 aromatic carbocycles. The Labute approximate surface area is 119 Å². The van der Waals surface area contributed by atoms with E-state index in [0.717, 1.165) is 24.8 Å². The van der Waals surface area contributed by atoms with Gasteiger partial charge in [-0.15, -0.1) is 0 Å². The average molecular weight is 277 g/mol. The van der Waals surface area contributed by atoms with Gasteiger partial charge in [-0.1, -0.05) is 42.4 Å². The summed E-state index contributed by atoms with van der Waals surface area (Å²) in [4.78, 5) is 12.1. The summed E-state index contributed by atoms with van der Waals surface area (Å²) in [7, 11) is 0. The van der Waals surface area contributed by atoms with Gasteiger partial charge in [0.25, 0.3) is 0 Å². The molecule has 1 aromatic rings. The molecule has 5 nitrogen and oxygen atoms in total. The van der Waals surface area contributed by atoms with E-state index >= 15 is 0 Å². The maximum Gasteiger partial charge on any atom is 0.227 e. The highest BCUT2D eigenvalue weighted by molar-refractivity contribution is 5.83. The number of nitrogens with two attached hydrogens (primary N) is 1. The molecule has 0 aliphatic heterocycles. The van der Waals surface area contributed by atoms with E-state index in [9.17, 15) is 4.79 Å². The van der Waals surface area contributed by atoms with Gasteiger partial charge in [0, 0.05) is 13.0 Å². The number of nitrogens with one attached hydrogen (secondary N) is 1. The molecule has 0 radical (unpaired) electrons. The Kier molecular flexibility index (Phi) is 7.17. The van der Waals surface area contributed by atoms with Crippen LogP contribution in [0.5, 0.6) is 0 Å². The van der Waals surface area contributed by atoms with Crippen molar-refractivity contribution in [2.24, 2.45) is 10.9 Å². The van der Waals surface area contributed by atoms with Crippen molar-refractivity contribution in [2.45, 2.75) is 38.5 Å². The first-order chi connectivity index (χ1) is 9.69. The Morgan fingerprint density at radius 2 is 2.05 bits per heavy atom. The van der Waals surface area contributed by atoms with E-state index in [1.54, 1.807) is 0 Å². The number of unbranched alkanes of at least 4 members (excludes halogenated alkanes) is 1. The second-order valence-electron chi connectivity index (χ2n) is 4.71. The molecule has 0 fully saturated rings. The highest BCUT2D eigenvalue weighted by Gasteiger charge is 2.17. The van der Waals surface area contributed by atoms with Gasteiger partial charge in [0.15, 0.2) is 0 Å². The predicted octanol–water partition coefficient (Wildman–Crippen LogP) is 2.21. The van der Waals surface area contributed by atoms with Crippen molar-refractivity contribution in [2.75, 3.05) is 6.54 Å². The van der Waals surface area contributed by atoms with Crippen LogP contribution in [0.1, 0.15) is 44.1 Å². The second-order valence-corrected chi connectivity index (χ2v) is 4.71. The van der Waals surface area contributed by atoms with E-state index in [2.05, 4.69) is 10.5 Å². The van der Waals surface area contributed by atoms with Gasteiger partial charge in [0.2, 0.25) is 5.91 Å². The molecule has 4 N–H and O–H groups in total. The summed E-state index contributed by atoms with van der Waals surface area (Å²) in [6.45, 7) is 2.62. The van der Waals surface area contributed by atoms with E-state index < -0.39 is 0 Å². The van der Waals surface area contributed by atoms with Gasteiger partial charge < -0.3 is 16.3 Å². The fourth-order valence-corrected chi connectivity index (χ4v) is 2.07. The van der Waals surface area contributed by atoms with Crippen molar-refractivity contribution in [3.05, 3.63) is 35.9 Å². The molecular formula is C15H23N3O2. The minimum atomic E-state index is -0.0970. The van der Waals surface area contributed by atoms with Crippen LogP contribution in [0.4, 0.5) is 0 Å². The first-order valence-electron chi connectivity index (χ1n) is 6.98. The molecule has 0 saturated carbocycles. The Bertz CT molecular complexity index is 432. The highest BCUT2D eigenvalue weighted by Crippen LogP contribution is 2.19. The van der Waals surface area contributed by atoms with Crippen LogP contribution in [-0.4, -0.2) is 23.5 Å². The maximum absolute atomic E-state index is 12.1. The SMILES string of the molecule is CCC(C(=O)NCCCCC(N)=NO)c1ccccc1. The van der Waals surface area contributed by atoms with Crippen molar-refractivity contribution in [1.82, 2.24) is 5.32 Å². The van der Waals surface area contributed by atoms with Crippen LogP contribution in [0.25, 0.3) is 0 Å². The predicted molar refractivity (Wildman–Crippen MR) is 79.7 cm³/mol. The van der Waals surface area contributed by atoms with Crippen molar-refractivity contribution in [3.8, 4) is 0 Å². The van der Waals surface area contributed by atoms with Gasteiger partial charge >= 0.3 is 0 Å². The number of hydrogen-bond acceptors (Lipinski definition) is 3. The lowest BCUT2D eigenvalue weighted by molar-refractivity contribution is -0.122. The molecule has 0 bridgehead atoms. The second kappa shape index (κ2) is 8.96. The summed E-state index contributed by atoms with van der Waals surface area (Å²) >= 11 is 0. The molecule has 0 aliphatic rings. The third-order valence-corrected chi connectivity index (χ3v) is 3.21. The minimum absolute atomic E-state index is 0.0579. The summed E-state index contributed by atoms with van der Waals surface area (Å²) in [5.41, 5.74) is 6.42. The lowest BCUT2D eigenvalue weighted by atomic mass is 9.95. The molecule has 1 atom stereocenters. The number of benzene rings is 1. The Balaban J connectivity index is 2.34. The molecule has 5 heteroatoms. The number of carbonyl (C=O) groups excluding carboxylic acids is 1. The third-order valence-electron chi connectivity index (χ3n) is 3.21. The zero-order chi connectivity index (χ0) is 14.8. The molecule has 0 aliphatic carbocycles. The van der Waals surface area contributed by atoms with Crippen LogP contribution in [0.2, 0.25) is 0 Å². The van der Waals surface area contributed by atoms with E-state index in [-0.39, 0.29) is 17.7 Å². The van der Waals surface area contributed by atoms with Gasteiger partial charge in [0.1, 0.15) is 5.84 Å². The molecule has 20 heavy (non-hydrogen) atoms. The van der Waals surface area contributed by atoms with E-state index in [0.29, 0.717) is 13.0 Å². The van der Waals surface area contributed by atoms with Crippen LogP contribution in [0.3, 0.4) is 0 Å². The van der Waals surface area contributed by atoms with Crippen molar-refractivity contribution in [1.29, 1.82) is 0 Å². The van der Waals surface area contributed by atoms with Gasteiger partial charge in [-0.2, -0.15) is 0 Å². The zero-order valence-corrected chi connectivity index (χ0v) is 11.9. The third kappa shape index (κ3) is 5.30. The molecule has 0 spiro atoms. The Morgan fingerprint density at radius 1 is 1.35 bits per heavy atom. The van der Waals surface area contributed by atoms with Crippen LogP contribution in [0, 0.1) is 0 Å². The fourth-order valence-electron chi connectivity index (χ4n) is 2.07. The lowest BCUT2D eigenvalue weighted by Gasteiger charge is -2.15. The molecule has 1 amide bonds. The molecule has 110 valence electrons. The number of amides is 1. The van der Waals surface area contributed by atoms with Crippen molar-refractivity contribution < 1.29 is 10.0 Å². The zero-order valence-electron chi connectivity index (χ0n) is 11.9. The van der Waals surface area contributed by atoms with E-state index in [4.69, 9.17) is 10.9 Å². The molecule has 1 unspecified atom stereocenters. The van der Waals surface area contributed by atoms with Crippen LogP contribution >= 0.6 is 0 Å². The van der Waals surface area contributed by atoms with Crippen LogP contribution in [-0.2, 0) is 4.79 Å². The quantitative estimate of drug-likeness (QED) is 0.224. The topological polar surface area (TPSA) is 87.7 Å². The summed E-state index contributed by atoms with van der Waals surface area (Å²) in [5, 5.41) is 14.3. The summed E-state index contributed by atoms with van der Waals surface area (Å²) in [6.07, 6.45) is 2.92. The Morgan fingerprint density at radius 3 is 2.65 bits per heavy atom. The molecular weight excluding hydrogens is 254 g/mol. The number of carbonyl (C=O) groups is 1. The number of hydrogen-bond donors (Lipinski definition) is 3. The Hall–Kier alpha value is -2.04. The minimum Gasteiger partial charge on any atom is -0.409 e. The molecule has 1 rings (SSSR count). The summed E-state index contributed by atoms with van der Waals surface area (Å²) < 4.78 is 0. The van der Waals surface area contributed by atoms with Gasteiger partial charge in [-0.05, 0) is 24.8 Å². The van der Waals surface area contributed by atoms with Crippen LogP contribution in [0.15, 0.2) is 35.5 Å². The van der Waals surface area contributed by atoms with Gasteiger partial charge in [-0.3, -0.25) is 4.79 Å². The fraction of sp³-hybridized carbons (Fsp3) is 0.467.